The van der Waals surface area contributed by atoms with Gasteiger partial charge in [0.2, 0.25) is 5.91 Å². The average Bonchev–Trinajstić information content (AvgIpc) is 2.97. The van der Waals surface area contributed by atoms with Crippen molar-refractivity contribution in [3.05, 3.63) is 48.5 Å². The molecule has 0 aliphatic carbocycles. The zero-order chi connectivity index (χ0) is 16.9. The summed E-state index contributed by atoms with van der Waals surface area (Å²) in [6.07, 6.45) is 0. The molecule has 3 N–H and O–H groups in total. The lowest BCUT2D eigenvalue weighted by atomic mass is 10.3. The smallest absolute Gasteiger partial charge is 0.255 e. The van der Waals surface area contributed by atoms with Crippen LogP contribution in [-0.2, 0) is 16.1 Å². The molecule has 0 bridgehead atoms. The van der Waals surface area contributed by atoms with Crippen LogP contribution in [0.25, 0.3) is 11.0 Å². The third-order valence-electron chi connectivity index (χ3n) is 3.23. The minimum atomic E-state index is -0.549. The summed E-state index contributed by atoms with van der Waals surface area (Å²) in [6.45, 7) is -0.133. The van der Waals surface area contributed by atoms with Crippen molar-refractivity contribution in [1.82, 2.24) is 15.0 Å². The van der Waals surface area contributed by atoms with Crippen LogP contribution in [0.15, 0.2) is 48.5 Å². The molecule has 8 heteroatoms. The largest absolute Gasteiger partial charge is 0.484 e. The molecule has 0 aliphatic heterocycles. The summed E-state index contributed by atoms with van der Waals surface area (Å²) in [6, 6.07) is 14.1. The van der Waals surface area contributed by atoms with Gasteiger partial charge in [-0.25, -0.2) is 4.68 Å². The Bertz CT molecular complexity index is 873. The first-order valence-corrected chi connectivity index (χ1v) is 7.21. The molecule has 0 spiro atoms. The Hall–Kier alpha value is -3.42. The molecule has 0 aliphatic rings. The summed E-state index contributed by atoms with van der Waals surface area (Å²) in [5.41, 5.74) is 7.14. The maximum absolute atomic E-state index is 12.1. The highest BCUT2D eigenvalue weighted by Crippen LogP contribution is 2.16. The number of ether oxygens (including phenoxy) is 1. The zero-order valence-corrected chi connectivity index (χ0v) is 12.7. The van der Waals surface area contributed by atoms with Crippen molar-refractivity contribution in [2.45, 2.75) is 6.54 Å². The SMILES string of the molecule is NC(=O)COc1ccc(NC(=O)Cn2nnc3ccccc32)cc1. The number of anilines is 1. The summed E-state index contributed by atoms with van der Waals surface area (Å²) in [7, 11) is 0. The highest BCUT2D eigenvalue weighted by Gasteiger charge is 2.09. The van der Waals surface area contributed by atoms with Gasteiger partial charge in [0.25, 0.3) is 5.91 Å². The maximum atomic E-state index is 12.1. The number of amides is 2. The number of nitrogens with zero attached hydrogens (tertiary/aromatic N) is 3. The summed E-state index contributed by atoms with van der Waals surface area (Å²) in [4.78, 5) is 22.8. The number of para-hydroxylation sites is 1. The molecule has 2 amide bonds. The van der Waals surface area contributed by atoms with Crippen molar-refractivity contribution in [1.29, 1.82) is 0 Å². The van der Waals surface area contributed by atoms with E-state index in [0.717, 1.165) is 11.0 Å². The van der Waals surface area contributed by atoms with Crippen molar-refractivity contribution in [2.75, 3.05) is 11.9 Å². The molecule has 0 unspecified atom stereocenters. The Labute approximate surface area is 137 Å². The highest BCUT2D eigenvalue weighted by atomic mass is 16.5. The summed E-state index contributed by atoms with van der Waals surface area (Å²) >= 11 is 0. The Balaban J connectivity index is 1.61. The van der Waals surface area contributed by atoms with E-state index in [1.807, 2.05) is 24.3 Å². The number of hydrogen-bond donors (Lipinski definition) is 2. The molecular formula is C16H15N5O3. The number of aromatic nitrogens is 3. The average molecular weight is 325 g/mol. The van der Waals surface area contributed by atoms with Crippen molar-refractivity contribution >= 4 is 28.5 Å². The van der Waals surface area contributed by atoms with E-state index in [0.29, 0.717) is 11.4 Å². The van der Waals surface area contributed by atoms with E-state index in [2.05, 4.69) is 15.6 Å². The molecule has 0 fully saturated rings. The molecule has 24 heavy (non-hydrogen) atoms. The van der Waals surface area contributed by atoms with Gasteiger partial charge in [-0.15, -0.1) is 5.10 Å². The number of rotatable bonds is 6. The predicted molar refractivity (Wildman–Crippen MR) is 87.3 cm³/mol. The Morgan fingerprint density at radius 3 is 2.62 bits per heavy atom. The third-order valence-corrected chi connectivity index (χ3v) is 3.23. The van der Waals surface area contributed by atoms with Gasteiger partial charge in [-0.2, -0.15) is 0 Å². The maximum Gasteiger partial charge on any atom is 0.255 e. The van der Waals surface area contributed by atoms with E-state index in [-0.39, 0.29) is 19.1 Å². The standard InChI is InChI=1S/C16H15N5O3/c17-15(22)10-24-12-7-5-11(6-8-12)18-16(23)9-21-14-4-2-1-3-13(14)19-20-21/h1-8H,9-10H2,(H2,17,22)(H,18,23). The number of fused-ring (bicyclic) bond motifs is 1. The van der Waals surface area contributed by atoms with Gasteiger partial charge in [0.1, 0.15) is 17.8 Å². The van der Waals surface area contributed by atoms with Gasteiger partial charge in [0.05, 0.1) is 5.52 Å². The van der Waals surface area contributed by atoms with Gasteiger partial charge in [-0.1, -0.05) is 17.3 Å². The number of carbonyl (C=O) groups is 2. The van der Waals surface area contributed by atoms with Crippen LogP contribution in [0.2, 0.25) is 0 Å². The topological polar surface area (TPSA) is 112 Å². The second kappa shape index (κ2) is 6.78. The fourth-order valence-electron chi connectivity index (χ4n) is 2.16. The molecule has 0 saturated carbocycles. The van der Waals surface area contributed by atoms with Gasteiger partial charge in [-0.3, -0.25) is 9.59 Å². The van der Waals surface area contributed by atoms with Gasteiger partial charge in [0.15, 0.2) is 6.61 Å². The van der Waals surface area contributed by atoms with Gasteiger partial charge >= 0.3 is 0 Å². The van der Waals surface area contributed by atoms with E-state index in [1.54, 1.807) is 24.3 Å². The minimum Gasteiger partial charge on any atom is -0.484 e. The quantitative estimate of drug-likeness (QED) is 0.700. The first-order chi connectivity index (χ1) is 11.6. The molecule has 1 aromatic heterocycles. The molecule has 8 nitrogen and oxygen atoms in total. The van der Waals surface area contributed by atoms with Crippen LogP contribution in [-0.4, -0.2) is 33.4 Å². The molecule has 0 radical (unpaired) electrons. The second-order valence-corrected chi connectivity index (χ2v) is 5.06. The Morgan fingerprint density at radius 1 is 1.12 bits per heavy atom. The molecule has 3 rings (SSSR count). The van der Waals surface area contributed by atoms with Gasteiger partial charge < -0.3 is 15.8 Å². The normalized spacial score (nSPS) is 10.5. The van der Waals surface area contributed by atoms with Crippen LogP contribution in [0, 0.1) is 0 Å². The minimum absolute atomic E-state index is 0.0560. The Morgan fingerprint density at radius 2 is 1.88 bits per heavy atom. The van der Waals surface area contributed by atoms with Crippen molar-refractivity contribution in [3.8, 4) is 5.75 Å². The van der Waals surface area contributed by atoms with Crippen LogP contribution in [0.1, 0.15) is 0 Å². The molecule has 0 saturated heterocycles. The monoisotopic (exact) mass is 325 g/mol. The number of carbonyl (C=O) groups excluding carboxylic acids is 2. The number of primary amides is 1. The number of hydrogen-bond acceptors (Lipinski definition) is 5. The lowest BCUT2D eigenvalue weighted by Gasteiger charge is -2.07. The Kier molecular flexibility index (Phi) is 4.37. The third kappa shape index (κ3) is 3.67. The summed E-state index contributed by atoms with van der Waals surface area (Å²) in [5, 5.41) is 10.7. The molecule has 1 heterocycles. The summed E-state index contributed by atoms with van der Waals surface area (Å²) in [5.74, 6) is -0.280. The zero-order valence-electron chi connectivity index (χ0n) is 12.7. The fourth-order valence-corrected chi connectivity index (χ4v) is 2.16. The van der Waals surface area contributed by atoms with Crippen LogP contribution < -0.4 is 15.8 Å². The van der Waals surface area contributed by atoms with Crippen molar-refractivity contribution in [3.63, 3.8) is 0 Å². The second-order valence-electron chi connectivity index (χ2n) is 5.06. The molecule has 3 aromatic rings. The molecule has 0 atom stereocenters. The first-order valence-electron chi connectivity index (χ1n) is 7.21. The number of nitrogens with two attached hydrogens (primary N) is 1. The number of benzene rings is 2. The van der Waals surface area contributed by atoms with Crippen molar-refractivity contribution < 1.29 is 14.3 Å². The molecule has 122 valence electrons. The lowest BCUT2D eigenvalue weighted by molar-refractivity contribution is -0.120. The van der Waals surface area contributed by atoms with Crippen LogP contribution >= 0.6 is 0 Å². The van der Waals surface area contributed by atoms with Gasteiger partial charge in [0, 0.05) is 5.69 Å². The van der Waals surface area contributed by atoms with E-state index < -0.39 is 5.91 Å². The summed E-state index contributed by atoms with van der Waals surface area (Å²) < 4.78 is 6.69. The number of nitrogens with one attached hydrogen (secondary N) is 1. The molecule has 2 aromatic carbocycles. The van der Waals surface area contributed by atoms with E-state index >= 15 is 0 Å². The lowest BCUT2D eigenvalue weighted by Crippen LogP contribution is -2.20. The highest BCUT2D eigenvalue weighted by molar-refractivity contribution is 5.91. The predicted octanol–water partition coefficient (Wildman–Crippen LogP) is 0.934. The first kappa shape index (κ1) is 15.5. The van der Waals surface area contributed by atoms with Crippen molar-refractivity contribution in [2.24, 2.45) is 5.73 Å². The fraction of sp³-hybridized carbons (Fsp3) is 0.125. The van der Waals surface area contributed by atoms with Crippen LogP contribution in [0.3, 0.4) is 0 Å². The van der Waals surface area contributed by atoms with Crippen LogP contribution in [0.4, 0.5) is 5.69 Å². The molecular weight excluding hydrogens is 310 g/mol. The van der Waals surface area contributed by atoms with Crippen LogP contribution in [0.5, 0.6) is 5.75 Å². The van der Waals surface area contributed by atoms with E-state index in [9.17, 15) is 9.59 Å². The van der Waals surface area contributed by atoms with Gasteiger partial charge in [-0.05, 0) is 36.4 Å². The van der Waals surface area contributed by atoms with E-state index in [4.69, 9.17) is 10.5 Å². The van der Waals surface area contributed by atoms with E-state index in [1.165, 1.54) is 4.68 Å².